The average Bonchev–Trinajstić information content (AvgIpc) is 2.69. The van der Waals surface area contributed by atoms with Crippen LogP contribution < -0.4 is 5.43 Å². The fourth-order valence-electron chi connectivity index (χ4n) is 3.97. The molecule has 1 unspecified atom stereocenters. The molecule has 2 aromatic carbocycles. The Balaban J connectivity index is 2.08. The lowest BCUT2D eigenvalue weighted by Gasteiger charge is -2.38. The maximum atomic E-state index is 14.2. The molecular formula is C24H24F3NO3. The maximum Gasteiger partial charge on any atom is 0.418 e. The number of rotatable bonds is 6. The second kappa shape index (κ2) is 7.89. The van der Waals surface area contributed by atoms with Gasteiger partial charge in [-0.3, -0.25) is 4.79 Å². The summed E-state index contributed by atoms with van der Waals surface area (Å²) in [6, 6.07) is 12.1. The van der Waals surface area contributed by atoms with E-state index < -0.39 is 30.2 Å². The molecule has 0 saturated heterocycles. The highest BCUT2D eigenvalue weighted by Crippen LogP contribution is 2.44. The molecule has 0 radical (unpaired) electrons. The van der Waals surface area contributed by atoms with Gasteiger partial charge in [0, 0.05) is 23.2 Å². The van der Waals surface area contributed by atoms with Crippen molar-refractivity contribution in [3.63, 3.8) is 0 Å². The van der Waals surface area contributed by atoms with E-state index >= 15 is 0 Å². The van der Waals surface area contributed by atoms with Crippen molar-refractivity contribution in [1.82, 2.24) is 4.57 Å². The van der Waals surface area contributed by atoms with Crippen molar-refractivity contribution in [1.29, 1.82) is 0 Å². The van der Waals surface area contributed by atoms with Gasteiger partial charge in [0.1, 0.15) is 5.75 Å². The van der Waals surface area contributed by atoms with Gasteiger partial charge in [0.15, 0.2) is 11.0 Å². The number of halogens is 3. The largest absolute Gasteiger partial charge is 0.508 e. The Morgan fingerprint density at radius 3 is 2.42 bits per heavy atom. The van der Waals surface area contributed by atoms with Crippen molar-refractivity contribution in [2.24, 2.45) is 0 Å². The molecule has 0 saturated carbocycles. The minimum absolute atomic E-state index is 0.158. The average molecular weight is 431 g/mol. The number of nitrogens with zero attached hydrogens (tertiary/aromatic N) is 1. The molecule has 31 heavy (non-hydrogen) atoms. The zero-order valence-electron chi connectivity index (χ0n) is 17.3. The van der Waals surface area contributed by atoms with Crippen LogP contribution in [0.5, 0.6) is 5.75 Å². The van der Waals surface area contributed by atoms with Crippen molar-refractivity contribution >= 4 is 17.0 Å². The van der Waals surface area contributed by atoms with Crippen LogP contribution in [0.15, 0.2) is 66.1 Å². The third kappa shape index (κ3) is 4.37. The van der Waals surface area contributed by atoms with Crippen LogP contribution in [-0.2, 0) is 12.0 Å². The third-order valence-electron chi connectivity index (χ3n) is 5.56. The Bertz CT molecular complexity index is 1180. The van der Waals surface area contributed by atoms with Crippen LogP contribution in [0.4, 0.5) is 13.2 Å². The van der Waals surface area contributed by atoms with Gasteiger partial charge < -0.3 is 14.8 Å². The normalized spacial score (nSPS) is 14.4. The topological polar surface area (TPSA) is 62.5 Å². The van der Waals surface area contributed by atoms with E-state index in [4.69, 9.17) is 0 Å². The van der Waals surface area contributed by atoms with E-state index in [0.717, 1.165) is 0 Å². The number of hydrogen-bond donors (Lipinski definition) is 2. The fourth-order valence-corrected chi connectivity index (χ4v) is 3.97. The van der Waals surface area contributed by atoms with Gasteiger partial charge in [-0.15, -0.1) is 0 Å². The van der Waals surface area contributed by atoms with Crippen molar-refractivity contribution in [3.8, 4) is 5.75 Å². The summed E-state index contributed by atoms with van der Waals surface area (Å²) in [5.74, 6) is -0.158. The summed E-state index contributed by atoms with van der Waals surface area (Å²) in [5, 5.41) is 21.5. The van der Waals surface area contributed by atoms with Gasteiger partial charge in [0.05, 0.1) is 12.1 Å². The SMILES string of the molecule is C=Cc1ccc(O)c(C(C)(C)CC(O)(Cn2ccc(=O)c3ccccc32)C(F)(F)F)c1. The van der Waals surface area contributed by atoms with Crippen molar-refractivity contribution < 1.29 is 23.4 Å². The Morgan fingerprint density at radius 1 is 1.10 bits per heavy atom. The number of phenols is 1. The van der Waals surface area contributed by atoms with Crippen LogP contribution in [0.1, 0.15) is 31.4 Å². The van der Waals surface area contributed by atoms with E-state index in [-0.39, 0.29) is 22.1 Å². The second-order valence-electron chi connectivity index (χ2n) is 8.40. The van der Waals surface area contributed by atoms with Gasteiger partial charge >= 0.3 is 6.18 Å². The van der Waals surface area contributed by atoms with Gasteiger partial charge in [-0.2, -0.15) is 13.2 Å². The number of alkyl halides is 3. The van der Waals surface area contributed by atoms with Gasteiger partial charge in [-0.1, -0.05) is 44.7 Å². The van der Waals surface area contributed by atoms with E-state index in [1.54, 1.807) is 24.3 Å². The Labute approximate surface area is 177 Å². The highest BCUT2D eigenvalue weighted by molar-refractivity contribution is 5.78. The first-order valence-corrected chi connectivity index (χ1v) is 9.71. The van der Waals surface area contributed by atoms with E-state index in [0.29, 0.717) is 11.1 Å². The molecule has 7 heteroatoms. The minimum Gasteiger partial charge on any atom is -0.508 e. The standard InChI is InChI=1S/C24H24F3NO3/c1-4-16-9-10-21(30)18(13-16)22(2,3)14-23(31,24(25,26)27)15-28-12-11-20(29)17-7-5-6-8-19(17)28/h4-13,30-31H,1,14-15H2,2-3H3. The predicted octanol–water partition coefficient (Wildman–Crippen LogP) is 5.01. The van der Waals surface area contributed by atoms with E-state index in [1.807, 2.05) is 0 Å². The Morgan fingerprint density at radius 2 is 1.77 bits per heavy atom. The lowest BCUT2D eigenvalue weighted by molar-refractivity contribution is -0.271. The van der Waals surface area contributed by atoms with Gasteiger partial charge in [0.25, 0.3) is 0 Å². The molecule has 0 aliphatic heterocycles. The number of fused-ring (bicyclic) bond motifs is 1. The summed E-state index contributed by atoms with van der Waals surface area (Å²) in [6.45, 7) is 5.92. The summed E-state index contributed by atoms with van der Waals surface area (Å²) < 4.78 is 43.7. The highest BCUT2D eigenvalue weighted by Gasteiger charge is 2.56. The molecule has 0 spiro atoms. The molecule has 3 aromatic rings. The van der Waals surface area contributed by atoms with Crippen molar-refractivity contribution in [2.45, 2.75) is 44.0 Å². The van der Waals surface area contributed by atoms with Crippen LogP contribution in [-0.4, -0.2) is 26.6 Å². The van der Waals surface area contributed by atoms with Gasteiger partial charge in [-0.25, -0.2) is 0 Å². The van der Waals surface area contributed by atoms with E-state index in [1.165, 1.54) is 55.0 Å². The van der Waals surface area contributed by atoms with Crippen molar-refractivity contribution in [2.75, 3.05) is 0 Å². The first kappa shape index (κ1) is 22.6. The molecule has 0 amide bonds. The van der Waals surface area contributed by atoms with Gasteiger partial charge in [-0.05, 0) is 41.7 Å². The Hall–Kier alpha value is -3.06. The molecule has 1 atom stereocenters. The minimum atomic E-state index is -4.96. The lowest BCUT2D eigenvalue weighted by atomic mass is 9.74. The molecule has 164 valence electrons. The molecule has 1 aromatic heterocycles. The number of aromatic nitrogens is 1. The first-order valence-electron chi connectivity index (χ1n) is 9.71. The predicted molar refractivity (Wildman–Crippen MR) is 115 cm³/mol. The zero-order chi connectivity index (χ0) is 23.0. The number of para-hydroxylation sites is 1. The Kier molecular flexibility index (Phi) is 5.76. The smallest absolute Gasteiger partial charge is 0.418 e. The zero-order valence-corrected chi connectivity index (χ0v) is 17.3. The molecule has 1 heterocycles. The van der Waals surface area contributed by atoms with Crippen LogP contribution in [0.2, 0.25) is 0 Å². The van der Waals surface area contributed by atoms with Crippen LogP contribution >= 0.6 is 0 Å². The van der Waals surface area contributed by atoms with Crippen LogP contribution in [0.3, 0.4) is 0 Å². The van der Waals surface area contributed by atoms with E-state index in [9.17, 15) is 28.2 Å². The molecule has 0 aliphatic rings. The fraction of sp³-hybridized carbons (Fsp3) is 0.292. The summed E-state index contributed by atoms with van der Waals surface area (Å²) >= 11 is 0. The lowest BCUT2D eigenvalue weighted by Crippen LogP contribution is -2.52. The number of phenolic OH excluding ortho intramolecular Hbond substituents is 1. The number of hydrogen-bond acceptors (Lipinski definition) is 3. The quantitative estimate of drug-likeness (QED) is 0.577. The highest BCUT2D eigenvalue weighted by atomic mass is 19.4. The summed E-state index contributed by atoms with van der Waals surface area (Å²) in [5.41, 5.74) is -3.45. The summed E-state index contributed by atoms with van der Waals surface area (Å²) in [6.07, 6.45) is -2.89. The molecule has 4 nitrogen and oxygen atoms in total. The summed E-state index contributed by atoms with van der Waals surface area (Å²) in [4.78, 5) is 12.1. The number of pyridine rings is 1. The van der Waals surface area contributed by atoms with Gasteiger partial charge in [0.2, 0.25) is 0 Å². The monoisotopic (exact) mass is 431 g/mol. The molecule has 2 N–H and O–H groups in total. The molecule has 0 bridgehead atoms. The molecule has 0 aliphatic carbocycles. The van der Waals surface area contributed by atoms with Crippen molar-refractivity contribution in [3.05, 3.63) is 82.7 Å². The van der Waals surface area contributed by atoms with Crippen LogP contribution in [0.25, 0.3) is 17.0 Å². The molecule has 3 rings (SSSR count). The number of aliphatic hydroxyl groups is 1. The third-order valence-corrected chi connectivity index (χ3v) is 5.56. The number of aromatic hydroxyl groups is 1. The first-order chi connectivity index (χ1) is 14.4. The van der Waals surface area contributed by atoms with E-state index in [2.05, 4.69) is 6.58 Å². The second-order valence-corrected chi connectivity index (χ2v) is 8.40. The maximum absolute atomic E-state index is 14.2. The molecule has 0 fully saturated rings. The van der Waals surface area contributed by atoms with Crippen LogP contribution in [0, 0.1) is 0 Å². The summed E-state index contributed by atoms with van der Waals surface area (Å²) in [7, 11) is 0. The molecular weight excluding hydrogens is 407 g/mol. The number of benzene rings is 2.